The lowest BCUT2D eigenvalue weighted by molar-refractivity contribution is -0.115. The molecular weight excluding hydrogens is 414 g/mol. The Morgan fingerprint density at radius 2 is 1.73 bits per heavy atom. The van der Waals surface area contributed by atoms with Crippen molar-refractivity contribution in [1.29, 1.82) is 0 Å². The number of hydrogen-bond acceptors (Lipinski definition) is 4. The highest BCUT2D eigenvalue weighted by Crippen LogP contribution is 2.26. The molecule has 0 saturated heterocycles. The maximum Gasteiger partial charge on any atom is 0.252 e. The van der Waals surface area contributed by atoms with Crippen LogP contribution in [0.15, 0.2) is 78.9 Å². The van der Waals surface area contributed by atoms with Gasteiger partial charge in [-0.25, -0.2) is 4.98 Å². The SMILES string of the molecule is CCC(=O)Nc1ccc(-c2cc(C(=O)NCc3cccc(OC)c3)c3ccccc3n2)cc1. The van der Waals surface area contributed by atoms with Crippen LogP contribution in [0.25, 0.3) is 22.2 Å². The molecule has 0 unspecified atom stereocenters. The molecule has 2 N–H and O–H groups in total. The molecule has 0 aliphatic heterocycles. The van der Waals surface area contributed by atoms with Crippen LogP contribution in [-0.4, -0.2) is 23.9 Å². The van der Waals surface area contributed by atoms with Gasteiger partial charge in [-0.3, -0.25) is 9.59 Å². The summed E-state index contributed by atoms with van der Waals surface area (Å²) in [5, 5.41) is 6.63. The van der Waals surface area contributed by atoms with Gasteiger partial charge in [0.1, 0.15) is 5.75 Å². The van der Waals surface area contributed by atoms with Crippen LogP contribution in [0, 0.1) is 0 Å². The number of rotatable bonds is 7. The topological polar surface area (TPSA) is 80.3 Å². The standard InChI is InChI=1S/C27H25N3O3/c1-3-26(31)29-20-13-11-19(12-14-20)25-16-23(22-9-4-5-10-24(22)30-25)27(32)28-17-18-7-6-8-21(15-18)33-2/h4-16H,3,17H2,1-2H3,(H,28,32)(H,29,31). The number of hydrogen-bond donors (Lipinski definition) is 2. The first-order valence-electron chi connectivity index (χ1n) is 10.8. The molecule has 1 aromatic heterocycles. The zero-order chi connectivity index (χ0) is 23.2. The molecule has 0 radical (unpaired) electrons. The van der Waals surface area contributed by atoms with E-state index >= 15 is 0 Å². The van der Waals surface area contributed by atoms with E-state index in [0.29, 0.717) is 24.2 Å². The second-order valence-electron chi connectivity index (χ2n) is 7.59. The van der Waals surface area contributed by atoms with Gasteiger partial charge in [0, 0.05) is 29.6 Å². The van der Waals surface area contributed by atoms with E-state index in [1.165, 1.54) is 0 Å². The van der Waals surface area contributed by atoms with Crippen molar-refractivity contribution in [3.63, 3.8) is 0 Å². The fourth-order valence-corrected chi connectivity index (χ4v) is 3.54. The smallest absolute Gasteiger partial charge is 0.252 e. The number of methoxy groups -OCH3 is 1. The van der Waals surface area contributed by atoms with Crippen LogP contribution in [0.5, 0.6) is 5.75 Å². The number of carbonyl (C=O) groups is 2. The molecule has 0 aliphatic rings. The molecule has 0 atom stereocenters. The first-order chi connectivity index (χ1) is 16.1. The van der Waals surface area contributed by atoms with E-state index in [2.05, 4.69) is 10.6 Å². The van der Waals surface area contributed by atoms with Crippen molar-refractivity contribution in [2.75, 3.05) is 12.4 Å². The zero-order valence-corrected chi connectivity index (χ0v) is 18.6. The average Bonchev–Trinajstić information content (AvgIpc) is 2.87. The van der Waals surface area contributed by atoms with E-state index in [4.69, 9.17) is 9.72 Å². The normalized spacial score (nSPS) is 10.6. The van der Waals surface area contributed by atoms with Gasteiger partial charge in [-0.15, -0.1) is 0 Å². The third-order valence-corrected chi connectivity index (χ3v) is 5.33. The van der Waals surface area contributed by atoms with Gasteiger partial charge in [-0.2, -0.15) is 0 Å². The van der Waals surface area contributed by atoms with Crippen molar-refractivity contribution >= 4 is 28.4 Å². The predicted molar refractivity (Wildman–Crippen MR) is 130 cm³/mol. The third kappa shape index (κ3) is 5.18. The Hall–Kier alpha value is -4.19. The van der Waals surface area contributed by atoms with Crippen LogP contribution in [0.1, 0.15) is 29.3 Å². The molecular formula is C27H25N3O3. The Morgan fingerprint density at radius 1 is 0.939 bits per heavy atom. The molecule has 2 amide bonds. The summed E-state index contributed by atoms with van der Waals surface area (Å²) in [6.07, 6.45) is 0.419. The minimum atomic E-state index is -0.176. The number of amides is 2. The average molecular weight is 440 g/mol. The summed E-state index contributed by atoms with van der Waals surface area (Å²) < 4.78 is 5.26. The van der Waals surface area contributed by atoms with E-state index in [9.17, 15) is 9.59 Å². The van der Waals surface area contributed by atoms with Crippen LogP contribution in [0.2, 0.25) is 0 Å². The second-order valence-corrected chi connectivity index (χ2v) is 7.59. The Kier molecular flexibility index (Phi) is 6.64. The molecule has 3 aromatic carbocycles. The minimum Gasteiger partial charge on any atom is -0.497 e. The summed E-state index contributed by atoms with van der Waals surface area (Å²) in [5.74, 6) is 0.531. The predicted octanol–water partition coefficient (Wildman–Crippen LogP) is 5.19. The summed E-state index contributed by atoms with van der Waals surface area (Å²) in [6.45, 7) is 2.19. The minimum absolute atomic E-state index is 0.0402. The Balaban J connectivity index is 1.62. The highest BCUT2D eigenvalue weighted by Gasteiger charge is 2.14. The molecule has 0 spiro atoms. The zero-order valence-electron chi connectivity index (χ0n) is 18.6. The summed E-state index contributed by atoms with van der Waals surface area (Å²) in [5.41, 5.74) is 4.52. The van der Waals surface area contributed by atoms with E-state index in [-0.39, 0.29) is 11.8 Å². The fourth-order valence-electron chi connectivity index (χ4n) is 3.54. The van der Waals surface area contributed by atoms with Crippen LogP contribution < -0.4 is 15.4 Å². The molecule has 0 saturated carbocycles. The van der Waals surface area contributed by atoms with Crippen molar-refractivity contribution in [1.82, 2.24) is 10.3 Å². The lowest BCUT2D eigenvalue weighted by atomic mass is 10.0. The maximum atomic E-state index is 13.2. The second kappa shape index (κ2) is 9.96. The van der Waals surface area contributed by atoms with E-state index in [1.807, 2.05) is 85.8 Å². The van der Waals surface area contributed by atoms with Gasteiger partial charge in [0.2, 0.25) is 5.91 Å². The molecule has 4 aromatic rings. The fraction of sp³-hybridized carbons (Fsp3) is 0.148. The number of aromatic nitrogens is 1. The molecule has 6 nitrogen and oxygen atoms in total. The third-order valence-electron chi connectivity index (χ3n) is 5.33. The van der Waals surface area contributed by atoms with Crippen LogP contribution in [0.4, 0.5) is 5.69 Å². The van der Waals surface area contributed by atoms with Gasteiger partial charge in [-0.1, -0.05) is 49.4 Å². The number of carbonyl (C=O) groups excluding carboxylic acids is 2. The Labute approximate surface area is 192 Å². The first-order valence-corrected chi connectivity index (χ1v) is 10.8. The molecule has 4 rings (SSSR count). The molecule has 6 heteroatoms. The Morgan fingerprint density at radius 3 is 2.48 bits per heavy atom. The number of anilines is 1. The van der Waals surface area contributed by atoms with Crippen molar-refractivity contribution in [3.05, 3.63) is 90.0 Å². The quantitative estimate of drug-likeness (QED) is 0.415. The summed E-state index contributed by atoms with van der Waals surface area (Å²) in [4.78, 5) is 29.5. The highest BCUT2D eigenvalue weighted by atomic mass is 16.5. The largest absolute Gasteiger partial charge is 0.497 e. The first kappa shape index (κ1) is 22.0. The van der Waals surface area contributed by atoms with Crippen molar-refractivity contribution in [3.8, 4) is 17.0 Å². The Bertz CT molecular complexity index is 1300. The monoisotopic (exact) mass is 439 g/mol. The summed E-state index contributed by atoms with van der Waals surface area (Å²) in [6, 6.07) is 24.5. The highest BCUT2D eigenvalue weighted by molar-refractivity contribution is 6.07. The number of benzene rings is 3. The molecule has 33 heavy (non-hydrogen) atoms. The van der Waals surface area contributed by atoms with Gasteiger partial charge < -0.3 is 15.4 Å². The van der Waals surface area contributed by atoms with E-state index in [0.717, 1.165) is 33.5 Å². The summed E-state index contributed by atoms with van der Waals surface area (Å²) in [7, 11) is 1.62. The number of fused-ring (bicyclic) bond motifs is 1. The van der Waals surface area contributed by atoms with Gasteiger partial charge in [0.15, 0.2) is 0 Å². The van der Waals surface area contributed by atoms with E-state index < -0.39 is 0 Å². The molecule has 1 heterocycles. The van der Waals surface area contributed by atoms with Gasteiger partial charge in [-0.05, 0) is 42.0 Å². The summed E-state index contributed by atoms with van der Waals surface area (Å²) >= 11 is 0. The number of pyridine rings is 1. The van der Waals surface area contributed by atoms with Gasteiger partial charge in [0.05, 0.1) is 23.9 Å². The molecule has 0 bridgehead atoms. The van der Waals surface area contributed by atoms with Gasteiger partial charge >= 0.3 is 0 Å². The molecule has 0 fully saturated rings. The van der Waals surface area contributed by atoms with Crippen molar-refractivity contribution in [2.24, 2.45) is 0 Å². The van der Waals surface area contributed by atoms with Crippen LogP contribution in [-0.2, 0) is 11.3 Å². The van der Waals surface area contributed by atoms with Crippen molar-refractivity contribution in [2.45, 2.75) is 19.9 Å². The van der Waals surface area contributed by atoms with Crippen molar-refractivity contribution < 1.29 is 14.3 Å². The lowest BCUT2D eigenvalue weighted by Gasteiger charge is -2.12. The van der Waals surface area contributed by atoms with E-state index in [1.54, 1.807) is 7.11 Å². The molecule has 0 aliphatic carbocycles. The van der Waals surface area contributed by atoms with Gasteiger partial charge in [0.25, 0.3) is 5.91 Å². The molecule has 166 valence electrons. The number of para-hydroxylation sites is 1. The van der Waals surface area contributed by atoms with Crippen LogP contribution in [0.3, 0.4) is 0 Å². The maximum absolute atomic E-state index is 13.2. The lowest BCUT2D eigenvalue weighted by Crippen LogP contribution is -2.23. The number of ether oxygens (including phenoxy) is 1. The number of nitrogens with one attached hydrogen (secondary N) is 2. The van der Waals surface area contributed by atoms with Crippen LogP contribution >= 0.6 is 0 Å². The number of nitrogens with zero attached hydrogens (tertiary/aromatic N) is 1.